The van der Waals surface area contributed by atoms with Crippen molar-refractivity contribution in [2.24, 2.45) is 0 Å². The molecule has 0 fully saturated rings. The molecule has 1 atom stereocenters. The van der Waals surface area contributed by atoms with Crippen LogP contribution in [0.5, 0.6) is 5.75 Å². The zero-order chi connectivity index (χ0) is 14.0. The largest absolute Gasteiger partial charge is 0.489 e. The Morgan fingerprint density at radius 2 is 2.26 bits per heavy atom. The zero-order valence-electron chi connectivity index (χ0n) is 9.75. The number of anilines is 2. The fourth-order valence-corrected chi connectivity index (χ4v) is 1.66. The second-order valence-electron chi connectivity index (χ2n) is 4.12. The SMILES string of the molecule is Nc1ccc2c(c1)NC(CNC(=O)C(F)(F)F)CO2. The van der Waals surface area contributed by atoms with Crippen LogP contribution in [0.15, 0.2) is 18.2 Å². The molecule has 2 rings (SSSR count). The number of amides is 1. The number of benzene rings is 1. The predicted octanol–water partition coefficient (Wildman–Crippen LogP) is 1.12. The molecule has 1 aliphatic heterocycles. The number of nitrogen functional groups attached to an aromatic ring is 1. The molecule has 0 bridgehead atoms. The first-order valence-electron chi connectivity index (χ1n) is 5.50. The van der Waals surface area contributed by atoms with E-state index in [0.29, 0.717) is 17.1 Å². The highest BCUT2D eigenvalue weighted by atomic mass is 19.4. The Bertz CT molecular complexity index is 491. The van der Waals surface area contributed by atoms with Crippen LogP contribution in [0, 0.1) is 0 Å². The van der Waals surface area contributed by atoms with Crippen LogP contribution >= 0.6 is 0 Å². The summed E-state index contributed by atoms with van der Waals surface area (Å²) in [7, 11) is 0. The monoisotopic (exact) mass is 275 g/mol. The topological polar surface area (TPSA) is 76.4 Å². The lowest BCUT2D eigenvalue weighted by molar-refractivity contribution is -0.173. The van der Waals surface area contributed by atoms with Crippen molar-refractivity contribution in [1.29, 1.82) is 0 Å². The summed E-state index contributed by atoms with van der Waals surface area (Å²) in [6.45, 7) is -0.0262. The van der Waals surface area contributed by atoms with Gasteiger partial charge in [0, 0.05) is 12.2 Å². The van der Waals surface area contributed by atoms with Crippen LogP contribution in [-0.4, -0.2) is 31.3 Å². The first-order chi connectivity index (χ1) is 8.86. The van der Waals surface area contributed by atoms with Gasteiger partial charge in [-0.15, -0.1) is 0 Å². The van der Waals surface area contributed by atoms with Crippen molar-refractivity contribution in [3.63, 3.8) is 0 Å². The smallest absolute Gasteiger partial charge is 0.471 e. The molecular formula is C11H12F3N3O2. The normalized spacial score (nSPS) is 17.9. The van der Waals surface area contributed by atoms with Gasteiger partial charge in [0.05, 0.1) is 11.7 Å². The van der Waals surface area contributed by atoms with Crippen LogP contribution in [0.25, 0.3) is 0 Å². The van der Waals surface area contributed by atoms with Crippen LogP contribution in [-0.2, 0) is 4.79 Å². The molecule has 1 heterocycles. The molecule has 104 valence electrons. The van der Waals surface area contributed by atoms with E-state index in [4.69, 9.17) is 10.5 Å². The average Bonchev–Trinajstić information content (AvgIpc) is 2.34. The van der Waals surface area contributed by atoms with E-state index in [-0.39, 0.29) is 13.2 Å². The van der Waals surface area contributed by atoms with Crippen molar-refractivity contribution in [2.45, 2.75) is 12.2 Å². The van der Waals surface area contributed by atoms with Crippen LogP contribution in [0.2, 0.25) is 0 Å². The van der Waals surface area contributed by atoms with E-state index in [1.165, 1.54) is 0 Å². The van der Waals surface area contributed by atoms with Crippen molar-refractivity contribution in [3.8, 4) is 5.75 Å². The van der Waals surface area contributed by atoms with Crippen molar-refractivity contribution in [2.75, 3.05) is 24.2 Å². The molecule has 0 saturated carbocycles. The van der Waals surface area contributed by atoms with Gasteiger partial charge in [0.2, 0.25) is 0 Å². The van der Waals surface area contributed by atoms with E-state index in [1.54, 1.807) is 23.5 Å². The highest BCUT2D eigenvalue weighted by Crippen LogP contribution is 2.30. The lowest BCUT2D eigenvalue weighted by Crippen LogP contribution is -2.46. The van der Waals surface area contributed by atoms with Gasteiger partial charge >= 0.3 is 12.1 Å². The van der Waals surface area contributed by atoms with Crippen molar-refractivity contribution in [3.05, 3.63) is 18.2 Å². The summed E-state index contributed by atoms with van der Waals surface area (Å²) < 4.78 is 41.4. The highest BCUT2D eigenvalue weighted by molar-refractivity contribution is 5.81. The summed E-state index contributed by atoms with van der Waals surface area (Å²) in [5, 5.41) is 4.76. The molecular weight excluding hydrogens is 263 g/mol. The number of carbonyl (C=O) groups excluding carboxylic acids is 1. The molecule has 0 spiro atoms. The van der Waals surface area contributed by atoms with Crippen LogP contribution in [0.4, 0.5) is 24.5 Å². The fraction of sp³-hybridized carbons (Fsp3) is 0.364. The summed E-state index contributed by atoms with van der Waals surface area (Å²) >= 11 is 0. The molecule has 0 radical (unpaired) electrons. The Kier molecular flexibility index (Phi) is 3.41. The molecule has 1 aliphatic rings. The van der Waals surface area contributed by atoms with Gasteiger partial charge in [-0.3, -0.25) is 4.79 Å². The Balaban J connectivity index is 1.93. The Morgan fingerprint density at radius 3 is 2.95 bits per heavy atom. The number of alkyl halides is 3. The van der Waals surface area contributed by atoms with Gasteiger partial charge in [-0.25, -0.2) is 0 Å². The number of carbonyl (C=O) groups is 1. The first kappa shape index (κ1) is 13.3. The van der Waals surface area contributed by atoms with Gasteiger partial charge in [-0.2, -0.15) is 13.2 Å². The van der Waals surface area contributed by atoms with Crippen molar-refractivity contribution >= 4 is 17.3 Å². The maximum Gasteiger partial charge on any atom is 0.471 e. The van der Waals surface area contributed by atoms with Gasteiger partial charge in [-0.05, 0) is 18.2 Å². The van der Waals surface area contributed by atoms with E-state index in [9.17, 15) is 18.0 Å². The van der Waals surface area contributed by atoms with Gasteiger partial charge in [0.15, 0.2) is 0 Å². The summed E-state index contributed by atoms with van der Waals surface area (Å²) in [5.74, 6) is -1.39. The number of hydrogen-bond acceptors (Lipinski definition) is 4. The van der Waals surface area contributed by atoms with E-state index < -0.39 is 18.1 Å². The third-order valence-corrected chi connectivity index (χ3v) is 2.57. The van der Waals surface area contributed by atoms with Gasteiger partial charge < -0.3 is 21.1 Å². The number of nitrogens with two attached hydrogens (primary N) is 1. The fourth-order valence-electron chi connectivity index (χ4n) is 1.66. The quantitative estimate of drug-likeness (QED) is 0.707. The van der Waals surface area contributed by atoms with Crippen molar-refractivity contribution in [1.82, 2.24) is 5.32 Å². The summed E-state index contributed by atoms with van der Waals surface area (Å²) in [5.41, 5.74) is 6.70. The zero-order valence-corrected chi connectivity index (χ0v) is 9.75. The Hall–Kier alpha value is -2.12. The van der Waals surface area contributed by atoms with Gasteiger partial charge in [-0.1, -0.05) is 0 Å². The second-order valence-corrected chi connectivity index (χ2v) is 4.12. The van der Waals surface area contributed by atoms with Gasteiger partial charge in [0.1, 0.15) is 12.4 Å². The lowest BCUT2D eigenvalue weighted by Gasteiger charge is -2.27. The average molecular weight is 275 g/mol. The number of nitrogens with one attached hydrogen (secondary N) is 2. The number of hydrogen-bond donors (Lipinski definition) is 3. The molecule has 0 saturated heterocycles. The number of ether oxygens (including phenoxy) is 1. The minimum absolute atomic E-state index is 0.162. The van der Waals surface area contributed by atoms with E-state index in [0.717, 1.165) is 0 Å². The number of fused-ring (bicyclic) bond motifs is 1. The molecule has 0 aliphatic carbocycles. The molecule has 0 aromatic heterocycles. The van der Waals surface area contributed by atoms with E-state index in [2.05, 4.69) is 5.32 Å². The number of rotatable bonds is 2. The second kappa shape index (κ2) is 4.87. The molecule has 19 heavy (non-hydrogen) atoms. The van der Waals surface area contributed by atoms with Crippen molar-refractivity contribution < 1.29 is 22.7 Å². The first-order valence-corrected chi connectivity index (χ1v) is 5.50. The van der Waals surface area contributed by atoms with Gasteiger partial charge in [0.25, 0.3) is 0 Å². The van der Waals surface area contributed by atoms with Crippen LogP contribution in [0.3, 0.4) is 0 Å². The third-order valence-electron chi connectivity index (χ3n) is 2.57. The van der Waals surface area contributed by atoms with E-state index in [1.807, 2.05) is 0 Å². The lowest BCUT2D eigenvalue weighted by atomic mass is 10.2. The maximum atomic E-state index is 12.0. The maximum absolute atomic E-state index is 12.0. The minimum Gasteiger partial charge on any atom is -0.489 e. The summed E-state index contributed by atoms with van der Waals surface area (Å²) in [6.07, 6.45) is -4.88. The Morgan fingerprint density at radius 1 is 1.53 bits per heavy atom. The molecule has 1 amide bonds. The molecule has 1 unspecified atom stereocenters. The number of halogens is 3. The predicted molar refractivity (Wildman–Crippen MR) is 62.8 cm³/mol. The third kappa shape index (κ3) is 3.21. The van der Waals surface area contributed by atoms with E-state index >= 15 is 0 Å². The molecule has 8 heteroatoms. The van der Waals surface area contributed by atoms with Crippen LogP contribution in [0.1, 0.15) is 0 Å². The highest BCUT2D eigenvalue weighted by Gasteiger charge is 2.38. The summed E-state index contributed by atoms with van der Waals surface area (Å²) in [6, 6.07) is 4.50. The molecule has 1 aromatic carbocycles. The molecule has 4 N–H and O–H groups in total. The minimum atomic E-state index is -4.88. The Labute approximate surface area is 106 Å². The molecule has 5 nitrogen and oxygen atoms in total. The summed E-state index contributed by atoms with van der Waals surface area (Å²) in [4.78, 5) is 10.7. The molecule has 1 aromatic rings. The van der Waals surface area contributed by atoms with Crippen LogP contribution < -0.4 is 21.1 Å². The standard InChI is InChI=1S/C11H12F3N3O2/c12-11(13,14)10(18)16-4-7-5-19-9-2-1-6(15)3-8(9)17-7/h1-3,7,17H,4-5,15H2,(H,16,18).